The Hall–Kier alpha value is -2.25. The molecule has 8 heteroatoms. The highest BCUT2D eigenvalue weighted by atomic mass is 16.6. The molecule has 0 N–H and O–H groups in total. The Morgan fingerprint density at radius 1 is 1.55 bits per heavy atom. The summed E-state index contributed by atoms with van der Waals surface area (Å²) in [5.74, 6) is -0.202. The molecule has 2 rings (SSSR count). The standard InChI is InChI=1S/C14H20N4O4/c1-3-11(14(19)22-2)17(10-6-4-5-7-10)13-12(18(20)21)8-15-9-16-13/h8-11H,3-7H2,1-2H3. The molecular weight excluding hydrogens is 288 g/mol. The third-order valence-electron chi connectivity index (χ3n) is 4.03. The SMILES string of the molecule is CCC(C(=O)OC)N(c1ncncc1[N+](=O)[O-])C1CCCC1. The monoisotopic (exact) mass is 308 g/mol. The highest BCUT2D eigenvalue weighted by Crippen LogP contribution is 2.34. The lowest BCUT2D eigenvalue weighted by molar-refractivity contribution is -0.384. The van der Waals surface area contributed by atoms with Crippen LogP contribution >= 0.6 is 0 Å². The number of carbonyl (C=O) groups excluding carboxylic acids is 1. The molecule has 0 amide bonds. The third-order valence-corrected chi connectivity index (χ3v) is 4.03. The van der Waals surface area contributed by atoms with Crippen molar-refractivity contribution in [3.63, 3.8) is 0 Å². The van der Waals surface area contributed by atoms with E-state index in [2.05, 4.69) is 9.97 Å². The largest absolute Gasteiger partial charge is 0.467 e. The zero-order valence-corrected chi connectivity index (χ0v) is 12.8. The smallest absolute Gasteiger partial charge is 0.329 e. The second kappa shape index (κ2) is 7.15. The third kappa shape index (κ3) is 3.15. The summed E-state index contributed by atoms with van der Waals surface area (Å²) in [6.07, 6.45) is 6.78. The normalized spacial score (nSPS) is 16.3. The average Bonchev–Trinajstić information content (AvgIpc) is 3.05. The van der Waals surface area contributed by atoms with Crippen molar-refractivity contribution >= 4 is 17.5 Å². The fraction of sp³-hybridized carbons (Fsp3) is 0.643. The number of methoxy groups -OCH3 is 1. The maximum Gasteiger partial charge on any atom is 0.329 e. The van der Waals surface area contributed by atoms with Gasteiger partial charge < -0.3 is 9.64 Å². The van der Waals surface area contributed by atoms with E-state index in [9.17, 15) is 14.9 Å². The second-order valence-electron chi connectivity index (χ2n) is 5.28. The van der Waals surface area contributed by atoms with Gasteiger partial charge in [-0.1, -0.05) is 19.8 Å². The van der Waals surface area contributed by atoms with E-state index in [4.69, 9.17) is 4.74 Å². The molecule has 1 aliphatic carbocycles. The van der Waals surface area contributed by atoms with Crippen LogP contribution in [0.5, 0.6) is 0 Å². The lowest BCUT2D eigenvalue weighted by Crippen LogP contribution is -2.47. The molecule has 0 saturated heterocycles. The zero-order chi connectivity index (χ0) is 16.1. The van der Waals surface area contributed by atoms with Gasteiger partial charge >= 0.3 is 11.7 Å². The number of rotatable bonds is 6. The molecule has 0 spiro atoms. The van der Waals surface area contributed by atoms with Crippen molar-refractivity contribution in [2.24, 2.45) is 0 Å². The molecule has 1 saturated carbocycles. The lowest BCUT2D eigenvalue weighted by atomic mass is 10.1. The minimum Gasteiger partial charge on any atom is -0.467 e. The number of nitro groups is 1. The maximum absolute atomic E-state index is 12.1. The van der Waals surface area contributed by atoms with Crippen molar-refractivity contribution in [3.05, 3.63) is 22.6 Å². The number of hydrogen-bond acceptors (Lipinski definition) is 7. The summed E-state index contributed by atoms with van der Waals surface area (Å²) in [5, 5.41) is 11.3. The quantitative estimate of drug-likeness (QED) is 0.450. The first kappa shape index (κ1) is 16.1. The number of aromatic nitrogens is 2. The Kier molecular flexibility index (Phi) is 5.24. The second-order valence-corrected chi connectivity index (χ2v) is 5.28. The number of carbonyl (C=O) groups is 1. The summed E-state index contributed by atoms with van der Waals surface area (Å²) in [6, 6.07) is -0.528. The molecule has 8 nitrogen and oxygen atoms in total. The summed E-state index contributed by atoms with van der Waals surface area (Å²) < 4.78 is 4.87. The molecule has 1 aliphatic rings. The van der Waals surface area contributed by atoms with Crippen LogP contribution in [0.15, 0.2) is 12.5 Å². The van der Waals surface area contributed by atoms with Gasteiger partial charge in [0.15, 0.2) is 0 Å². The average molecular weight is 308 g/mol. The number of hydrogen-bond donors (Lipinski definition) is 0. The maximum atomic E-state index is 12.1. The summed E-state index contributed by atoms with van der Waals surface area (Å²) in [6.45, 7) is 1.86. The van der Waals surface area contributed by atoms with Crippen LogP contribution in [0.25, 0.3) is 0 Å². The molecular formula is C14H20N4O4. The van der Waals surface area contributed by atoms with E-state index in [0.717, 1.165) is 25.7 Å². The van der Waals surface area contributed by atoms with E-state index in [0.29, 0.717) is 6.42 Å². The number of ether oxygens (including phenoxy) is 1. The number of nitrogens with zero attached hydrogens (tertiary/aromatic N) is 4. The van der Waals surface area contributed by atoms with Crippen molar-refractivity contribution in [2.75, 3.05) is 12.0 Å². The van der Waals surface area contributed by atoms with E-state index in [1.807, 2.05) is 6.92 Å². The Morgan fingerprint density at radius 2 is 2.23 bits per heavy atom. The van der Waals surface area contributed by atoms with Gasteiger partial charge in [-0.05, 0) is 19.3 Å². The van der Waals surface area contributed by atoms with Crippen LogP contribution in [0.1, 0.15) is 39.0 Å². The van der Waals surface area contributed by atoms with Crippen LogP contribution in [0, 0.1) is 10.1 Å². The number of esters is 1. The molecule has 1 unspecified atom stereocenters. The fourth-order valence-electron chi connectivity index (χ4n) is 3.01. The van der Waals surface area contributed by atoms with Crippen LogP contribution in [0.2, 0.25) is 0 Å². The van der Waals surface area contributed by atoms with E-state index in [-0.39, 0.29) is 17.5 Å². The van der Waals surface area contributed by atoms with Crippen molar-refractivity contribution < 1.29 is 14.5 Å². The lowest BCUT2D eigenvalue weighted by Gasteiger charge is -2.34. The zero-order valence-electron chi connectivity index (χ0n) is 12.8. The van der Waals surface area contributed by atoms with Crippen LogP contribution in [-0.4, -0.2) is 40.1 Å². The molecule has 120 valence electrons. The molecule has 0 bridgehead atoms. The van der Waals surface area contributed by atoms with E-state index in [1.54, 1.807) is 4.90 Å². The number of anilines is 1. The molecule has 1 heterocycles. The van der Waals surface area contributed by atoms with Gasteiger partial charge in [0.1, 0.15) is 18.6 Å². The molecule has 1 atom stereocenters. The highest BCUT2D eigenvalue weighted by molar-refractivity contribution is 5.81. The Labute approximate surface area is 128 Å². The molecule has 22 heavy (non-hydrogen) atoms. The Bertz CT molecular complexity index is 545. The van der Waals surface area contributed by atoms with Crippen LogP contribution < -0.4 is 4.90 Å². The van der Waals surface area contributed by atoms with E-state index < -0.39 is 16.9 Å². The van der Waals surface area contributed by atoms with Gasteiger partial charge in [-0.3, -0.25) is 10.1 Å². The van der Waals surface area contributed by atoms with Gasteiger partial charge in [-0.25, -0.2) is 14.8 Å². The van der Waals surface area contributed by atoms with Crippen molar-refractivity contribution in [1.82, 2.24) is 9.97 Å². The van der Waals surface area contributed by atoms with E-state index in [1.165, 1.54) is 19.6 Å². The molecule has 0 aromatic carbocycles. The van der Waals surface area contributed by atoms with Gasteiger partial charge in [0.05, 0.1) is 12.0 Å². The predicted molar refractivity (Wildman–Crippen MR) is 79.5 cm³/mol. The minimum absolute atomic E-state index is 0.0534. The predicted octanol–water partition coefficient (Wildman–Crippen LogP) is 2.09. The first-order valence-corrected chi connectivity index (χ1v) is 7.40. The highest BCUT2D eigenvalue weighted by Gasteiger charge is 2.37. The van der Waals surface area contributed by atoms with Crippen LogP contribution in [0.4, 0.5) is 11.5 Å². The van der Waals surface area contributed by atoms with Gasteiger partial charge in [0.25, 0.3) is 0 Å². The molecule has 1 fully saturated rings. The van der Waals surface area contributed by atoms with Gasteiger partial charge in [-0.15, -0.1) is 0 Å². The first-order chi connectivity index (χ1) is 10.6. The molecule has 1 aromatic rings. The van der Waals surface area contributed by atoms with Crippen molar-refractivity contribution in [1.29, 1.82) is 0 Å². The summed E-state index contributed by atoms with van der Waals surface area (Å²) in [5.41, 5.74) is -0.184. The van der Waals surface area contributed by atoms with Crippen LogP contribution in [-0.2, 0) is 9.53 Å². The van der Waals surface area contributed by atoms with E-state index >= 15 is 0 Å². The topological polar surface area (TPSA) is 98.5 Å². The Balaban J connectivity index is 2.48. The van der Waals surface area contributed by atoms with Gasteiger partial charge in [0, 0.05) is 6.04 Å². The molecule has 0 radical (unpaired) electrons. The molecule has 0 aliphatic heterocycles. The van der Waals surface area contributed by atoms with Crippen LogP contribution in [0.3, 0.4) is 0 Å². The first-order valence-electron chi connectivity index (χ1n) is 7.40. The summed E-state index contributed by atoms with van der Waals surface area (Å²) in [4.78, 5) is 32.5. The van der Waals surface area contributed by atoms with Gasteiger partial charge in [0.2, 0.25) is 5.82 Å². The fourth-order valence-corrected chi connectivity index (χ4v) is 3.01. The summed E-state index contributed by atoms with van der Waals surface area (Å²) in [7, 11) is 1.33. The summed E-state index contributed by atoms with van der Waals surface area (Å²) >= 11 is 0. The minimum atomic E-state index is -0.582. The Morgan fingerprint density at radius 3 is 2.77 bits per heavy atom. The van der Waals surface area contributed by atoms with Crippen molar-refractivity contribution in [2.45, 2.75) is 51.1 Å². The molecule has 1 aromatic heterocycles. The van der Waals surface area contributed by atoms with Crippen molar-refractivity contribution in [3.8, 4) is 0 Å². The van der Waals surface area contributed by atoms with Gasteiger partial charge in [-0.2, -0.15) is 0 Å².